The standard InChI is InChI=1S/C20H30N4O2/c1-5-23-17(3)24-16(2)10-8-6-7-9-11-18(12-20(25)26-4)19-13-21-15-22-14-19/h9,11,13-15,18,23H,3,5-8,10,12H2,1-2,4H3/b11-9+,24-16?/t18-/m0/s1. The maximum absolute atomic E-state index is 11.6. The summed E-state index contributed by atoms with van der Waals surface area (Å²) >= 11 is 0. The lowest BCUT2D eigenvalue weighted by Crippen LogP contribution is -2.10. The van der Waals surface area contributed by atoms with Gasteiger partial charge in [0.1, 0.15) is 12.1 Å². The molecule has 0 aromatic carbocycles. The number of hydrogen-bond donors (Lipinski definition) is 1. The third-order valence-corrected chi connectivity index (χ3v) is 3.86. The Balaban J connectivity index is 2.43. The molecule has 1 rings (SSSR count). The molecule has 6 nitrogen and oxygen atoms in total. The Morgan fingerprint density at radius 2 is 2.12 bits per heavy atom. The number of allylic oxidation sites excluding steroid dienone is 2. The zero-order valence-electron chi connectivity index (χ0n) is 16.1. The zero-order valence-corrected chi connectivity index (χ0v) is 16.1. The van der Waals surface area contributed by atoms with Crippen molar-refractivity contribution in [3.8, 4) is 0 Å². The fraction of sp³-hybridized carbons (Fsp3) is 0.500. The number of aliphatic imine (C=N–C) groups is 1. The Kier molecular flexibility index (Phi) is 10.6. The van der Waals surface area contributed by atoms with E-state index in [0.29, 0.717) is 6.42 Å². The van der Waals surface area contributed by atoms with Gasteiger partial charge in [0, 0.05) is 30.6 Å². The number of nitrogens with zero attached hydrogens (tertiary/aromatic N) is 3. The smallest absolute Gasteiger partial charge is 0.306 e. The Bertz CT molecular complexity index is 611. The molecular formula is C20H30N4O2. The van der Waals surface area contributed by atoms with E-state index in [-0.39, 0.29) is 11.9 Å². The molecule has 0 fully saturated rings. The van der Waals surface area contributed by atoms with Crippen molar-refractivity contribution in [2.45, 2.75) is 51.9 Å². The minimum Gasteiger partial charge on any atom is -0.469 e. The van der Waals surface area contributed by atoms with E-state index in [1.54, 1.807) is 12.4 Å². The van der Waals surface area contributed by atoms with Gasteiger partial charge in [0.2, 0.25) is 0 Å². The molecule has 0 unspecified atom stereocenters. The molecule has 0 aliphatic heterocycles. The molecule has 0 saturated heterocycles. The summed E-state index contributed by atoms with van der Waals surface area (Å²) in [6.07, 6.45) is 13.4. The van der Waals surface area contributed by atoms with Crippen molar-refractivity contribution < 1.29 is 9.53 Å². The Morgan fingerprint density at radius 1 is 1.38 bits per heavy atom. The van der Waals surface area contributed by atoms with Gasteiger partial charge in [-0.25, -0.2) is 15.0 Å². The van der Waals surface area contributed by atoms with Crippen LogP contribution in [0.4, 0.5) is 0 Å². The summed E-state index contributed by atoms with van der Waals surface area (Å²) in [5.74, 6) is 0.423. The van der Waals surface area contributed by atoms with Crippen molar-refractivity contribution in [3.05, 3.63) is 48.8 Å². The van der Waals surface area contributed by atoms with Gasteiger partial charge in [-0.3, -0.25) is 4.79 Å². The average Bonchev–Trinajstić information content (AvgIpc) is 2.64. The van der Waals surface area contributed by atoms with Crippen LogP contribution in [0.1, 0.15) is 57.4 Å². The van der Waals surface area contributed by atoms with Gasteiger partial charge in [0.15, 0.2) is 0 Å². The molecule has 142 valence electrons. The van der Waals surface area contributed by atoms with Crippen LogP contribution in [0.5, 0.6) is 0 Å². The van der Waals surface area contributed by atoms with E-state index in [1.165, 1.54) is 13.4 Å². The fourth-order valence-electron chi connectivity index (χ4n) is 2.50. The summed E-state index contributed by atoms with van der Waals surface area (Å²) in [6.45, 7) is 8.75. The first-order chi connectivity index (χ1) is 12.6. The molecule has 1 aromatic heterocycles. The monoisotopic (exact) mass is 358 g/mol. The number of rotatable bonds is 12. The van der Waals surface area contributed by atoms with Gasteiger partial charge in [-0.2, -0.15) is 0 Å². The normalized spacial score (nSPS) is 12.8. The van der Waals surface area contributed by atoms with Gasteiger partial charge in [-0.15, -0.1) is 0 Å². The van der Waals surface area contributed by atoms with Gasteiger partial charge >= 0.3 is 5.97 Å². The number of esters is 1. The number of hydrogen-bond acceptors (Lipinski definition) is 6. The van der Waals surface area contributed by atoms with Gasteiger partial charge < -0.3 is 10.1 Å². The molecule has 1 heterocycles. The van der Waals surface area contributed by atoms with Crippen LogP contribution < -0.4 is 5.32 Å². The second-order valence-corrected chi connectivity index (χ2v) is 6.06. The number of unbranched alkanes of at least 4 members (excludes halogenated alkanes) is 2. The van der Waals surface area contributed by atoms with Gasteiger partial charge in [-0.1, -0.05) is 18.7 Å². The number of carbonyl (C=O) groups excluding carboxylic acids is 1. The van der Waals surface area contributed by atoms with E-state index in [4.69, 9.17) is 4.74 Å². The summed E-state index contributed by atoms with van der Waals surface area (Å²) in [6, 6.07) is 0. The lowest BCUT2D eigenvalue weighted by atomic mass is 9.97. The highest BCUT2D eigenvalue weighted by atomic mass is 16.5. The van der Waals surface area contributed by atoms with Crippen molar-refractivity contribution in [2.75, 3.05) is 13.7 Å². The summed E-state index contributed by atoms with van der Waals surface area (Å²) in [7, 11) is 1.40. The summed E-state index contributed by atoms with van der Waals surface area (Å²) < 4.78 is 4.78. The number of nitrogens with one attached hydrogen (secondary N) is 1. The minimum atomic E-state index is -0.240. The van der Waals surface area contributed by atoms with E-state index in [1.807, 2.05) is 19.9 Å². The van der Waals surface area contributed by atoms with Gasteiger partial charge in [0.25, 0.3) is 0 Å². The molecule has 0 aliphatic rings. The van der Waals surface area contributed by atoms with Gasteiger partial charge in [-0.05, 0) is 45.1 Å². The molecule has 0 radical (unpaired) electrons. The van der Waals surface area contributed by atoms with Crippen LogP contribution in [0.3, 0.4) is 0 Å². The molecular weight excluding hydrogens is 328 g/mol. The highest BCUT2D eigenvalue weighted by Crippen LogP contribution is 2.21. The highest BCUT2D eigenvalue weighted by molar-refractivity contribution is 5.82. The van der Waals surface area contributed by atoms with E-state index in [2.05, 4.69) is 32.9 Å². The fourth-order valence-corrected chi connectivity index (χ4v) is 2.50. The van der Waals surface area contributed by atoms with E-state index < -0.39 is 0 Å². The van der Waals surface area contributed by atoms with Gasteiger partial charge in [0.05, 0.1) is 13.5 Å². The Labute approximate surface area is 156 Å². The summed E-state index contributed by atoms with van der Waals surface area (Å²) in [4.78, 5) is 24.1. The topological polar surface area (TPSA) is 76.5 Å². The SMILES string of the molecule is C=C(N=C(C)CCCC/C=C/[C@@H](CC(=O)OC)c1cncnc1)NCC. The molecule has 6 heteroatoms. The summed E-state index contributed by atoms with van der Waals surface area (Å²) in [5, 5.41) is 3.09. The van der Waals surface area contributed by atoms with Crippen molar-refractivity contribution >= 4 is 11.7 Å². The van der Waals surface area contributed by atoms with Crippen LogP contribution >= 0.6 is 0 Å². The highest BCUT2D eigenvalue weighted by Gasteiger charge is 2.14. The Morgan fingerprint density at radius 3 is 2.77 bits per heavy atom. The quantitative estimate of drug-likeness (QED) is 0.266. The molecule has 1 N–H and O–H groups in total. The number of aromatic nitrogens is 2. The molecule has 0 saturated carbocycles. The van der Waals surface area contributed by atoms with E-state index in [9.17, 15) is 4.79 Å². The Hall–Kier alpha value is -2.50. The number of ether oxygens (including phenoxy) is 1. The second kappa shape index (κ2) is 12.8. The van der Waals surface area contributed by atoms with Crippen LogP contribution in [0.25, 0.3) is 0 Å². The zero-order chi connectivity index (χ0) is 19.2. The first-order valence-electron chi connectivity index (χ1n) is 9.02. The minimum absolute atomic E-state index is 0.0598. The summed E-state index contributed by atoms with van der Waals surface area (Å²) in [5.41, 5.74) is 2.00. The predicted molar refractivity (Wildman–Crippen MR) is 105 cm³/mol. The predicted octanol–water partition coefficient (Wildman–Crippen LogP) is 3.78. The van der Waals surface area contributed by atoms with Crippen LogP contribution in [-0.2, 0) is 9.53 Å². The molecule has 26 heavy (non-hydrogen) atoms. The maximum Gasteiger partial charge on any atom is 0.306 e. The lowest BCUT2D eigenvalue weighted by molar-refractivity contribution is -0.140. The molecule has 0 bridgehead atoms. The maximum atomic E-state index is 11.6. The molecule has 1 aromatic rings. The third kappa shape index (κ3) is 9.11. The van der Waals surface area contributed by atoms with Crippen molar-refractivity contribution in [2.24, 2.45) is 4.99 Å². The van der Waals surface area contributed by atoms with Crippen molar-refractivity contribution in [1.82, 2.24) is 15.3 Å². The van der Waals surface area contributed by atoms with Crippen molar-refractivity contribution in [3.63, 3.8) is 0 Å². The van der Waals surface area contributed by atoms with Crippen LogP contribution in [0.2, 0.25) is 0 Å². The molecule has 0 spiro atoms. The third-order valence-electron chi connectivity index (χ3n) is 3.86. The lowest BCUT2D eigenvalue weighted by Gasteiger charge is -2.10. The molecule has 1 atom stereocenters. The number of carbonyl (C=O) groups is 1. The molecule has 0 aliphatic carbocycles. The average molecular weight is 358 g/mol. The van der Waals surface area contributed by atoms with Crippen molar-refractivity contribution in [1.29, 1.82) is 0 Å². The largest absolute Gasteiger partial charge is 0.469 e. The van der Waals surface area contributed by atoms with Crippen LogP contribution in [0, 0.1) is 0 Å². The molecule has 0 amide bonds. The number of methoxy groups -OCH3 is 1. The second-order valence-electron chi connectivity index (χ2n) is 6.06. The van der Waals surface area contributed by atoms with Crippen LogP contribution in [-0.4, -0.2) is 35.3 Å². The first-order valence-corrected chi connectivity index (χ1v) is 9.02. The van der Waals surface area contributed by atoms with E-state index in [0.717, 1.165) is 49.3 Å². The van der Waals surface area contributed by atoms with Crippen LogP contribution in [0.15, 0.2) is 48.3 Å². The first kappa shape index (κ1) is 21.5. The van der Waals surface area contributed by atoms with E-state index >= 15 is 0 Å².